The van der Waals surface area contributed by atoms with Gasteiger partial charge in [0, 0.05) is 22.8 Å². The fourth-order valence-corrected chi connectivity index (χ4v) is 3.86. The van der Waals surface area contributed by atoms with Crippen LogP contribution in [0.25, 0.3) is 33.1 Å². The minimum Gasteiger partial charge on any atom is -0.496 e. The van der Waals surface area contributed by atoms with Crippen molar-refractivity contribution < 1.29 is 4.74 Å². The molecule has 1 aliphatic rings. The van der Waals surface area contributed by atoms with Gasteiger partial charge in [-0.2, -0.15) is 0 Å². The van der Waals surface area contributed by atoms with E-state index in [1.165, 1.54) is 10.9 Å². The van der Waals surface area contributed by atoms with Crippen LogP contribution in [0, 0.1) is 0 Å². The van der Waals surface area contributed by atoms with E-state index in [1.54, 1.807) is 7.11 Å². The minimum atomic E-state index is 0.0470. The Morgan fingerprint density at radius 2 is 1.88 bits per heavy atom. The van der Waals surface area contributed by atoms with E-state index in [1.807, 2.05) is 28.8 Å². The predicted molar refractivity (Wildman–Crippen MR) is 95.8 cm³/mol. The Bertz CT molecular complexity index is 1170. The van der Waals surface area contributed by atoms with Gasteiger partial charge < -0.3 is 14.3 Å². The summed E-state index contributed by atoms with van der Waals surface area (Å²) in [5.41, 5.74) is 4.44. The van der Waals surface area contributed by atoms with Crippen molar-refractivity contribution in [2.75, 3.05) is 7.11 Å². The highest BCUT2D eigenvalue weighted by Gasteiger charge is 2.23. The highest BCUT2D eigenvalue weighted by atomic mass is 16.5. The van der Waals surface area contributed by atoms with E-state index in [0.717, 1.165) is 34.5 Å². The largest absolute Gasteiger partial charge is 0.496 e. The Morgan fingerprint density at radius 1 is 1.04 bits per heavy atom. The van der Waals surface area contributed by atoms with Crippen molar-refractivity contribution in [3.05, 3.63) is 64.4 Å². The molecule has 1 N–H and O–H groups in total. The van der Waals surface area contributed by atoms with Gasteiger partial charge in [0.25, 0.3) is 5.56 Å². The predicted octanol–water partition coefficient (Wildman–Crippen LogP) is 3.71. The molecule has 0 bridgehead atoms. The molecule has 3 heterocycles. The lowest BCUT2D eigenvalue weighted by atomic mass is 10.00. The summed E-state index contributed by atoms with van der Waals surface area (Å²) < 4.78 is 7.34. The summed E-state index contributed by atoms with van der Waals surface area (Å²) >= 11 is 0. The second kappa shape index (κ2) is 4.74. The number of hydrogen-bond donors (Lipinski definition) is 1. The maximum Gasteiger partial charge on any atom is 0.259 e. The number of aryl methyl sites for hydroxylation is 1. The Hall–Kier alpha value is -3.01. The van der Waals surface area contributed by atoms with Crippen molar-refractivity contribution in [1.29, 1.82) is 0 Å². The molecule has 4 nitrogen and oxygen atoms in total. The first-order valence-electron chi connectivity index (χ1n) is 8.08. The zero-order chi connectivity index (χ0) is 16.3. The standard InChI is InChI=1S/C20H16N2O2/c1-24-18-8-4-6-14-15(18)11-17-19-13(9-10-22(17)20(14)23)12-5-2-3-7-16(12)21-19/h2-8,11,21H,9-10H2,1H3. The molecule has 0 radical (unpaired) electrons. The van der Waals surface area contributed by atoms with Crippen molar-refractivity contribution in [1.82, 2.24) is 9.55 Å². The average molecular weight is 316 g/mol. The highest BCUT2D eigenvalue weighted by molar-refractivity contribution is 5.95. The highest BCUT2D eigenvalue weighted by Crippen LogP contribution is 2.36. The molecule has 0 saturated heterocycles. The van der Waals surface area contributed by atoms with Crippen LogP contribution in [-0.2, 0) is 13.0 Å². The van der Waals surface area contributed by atoms with Crippen LogP contribution >= 0.6 is 0 Å². The van der Waals surface area contributed by atoms with Crippen LogP contribution in [0.15, 0.2) is 53.3 Å². The second-order valence-electron chi connectivity index (χ2n) is 6.18. The molecule has 118 valence electrons. The zero-order valence-electron chi connectivity index (χ0n) is 13.3. The van der Waals surface area contributed by atoms with E-state index in [4.69, 9.17) is 4.74 Å². The van der Waals surface area contributed by atoms with E-state index in [-0.39, 0.29) is 5.56 Å². The van der Waals surface area contributed by atoms with Crippen molar-refractivity contribution in [2.24, 2.45) is 0 Å². The van der Waals surface area contributed by atoms with Crippen LogP contribution in [0.4, 0.5) is 0 Å². The lowest BCUT2D eigenvalue weighted by Crippen LogP contribution is -2.26. The number of hydrogen-bond acceptors (Lipinski definition) is 2. The van der Waals surface area contributed by atoms with Gasteiger partial charge in [-0.3, -0.25) is 4.79 Å². The van der Waals surface area contributed by atoms with Crippen LogP contribution in [-0.4, -0.2) is 16.7 Å². The van der Waals surface area contributed by atoms with E-state index < -0.39 is 0 Å². The molecule has 0 fully saturated rings. The number of H-pyrrole nitrogens is 1. The third kappa shape index (κ3) is 1.65. The first kappa shape index (κ1) is 13.4. The summed E-state index contributed by atoms with van der Waals surface area (Å²) in [6.07, 6.45) is 0.863. The molecule has 2 aromatic carbocycles. The van der Waals surface area contributed by atoms with E-state index in [0.29, 0.717) is 11.9 Å². The Balaban J connectivity index is 1.91. The average Bonchev–Trinajstić information content (AvgIpc) is 3.01. The quantitative estimate of drug-likeness (QED) is 0.582. The number of rotatable bonds is 1. The Morgan fingerprint density at radius 3 is 2.75 bits per heavy atom. The number of nitrogens with zero attached hydrogens (tertiary/aromatic N) is 1. The van der Waals surface area contributed by atoms with Crippen LogP contribution in [0.3, 0.4) is 0 Å². The first-order valence-corrected chi connectivity index (χ1v) is 8.08. The molecule has 4 aromatic rings. The summed E-state index contributed by atoms with van der Waals surface area (Å²) in [5, 5.41) is 2.81. The molecular weight excluding hydrogens is 300 g/mol. The van der Waals surface area contributed by atoms with Gasteiger partial charge in [0.2, 0.25) is 0 Å². The molecule has 0 aliphatic carbocycles. The maximum absolute atomic E-state index is 13.0. The number of ether oxygens (including phenoxy) is 1. The monoisotopic (exact) mass is 316 g/mol. The fraction of sp³-hybridized carbons (Fsp3) is 0.150. The molecule has 0 saturated carbocycles. The van der Waals surface area contributed by atoms with Gasteiger partial charge in [0.05, 0.1) is 23.9 Å². The number of benzene rings is 2. The number of para-hydroxylation sites is 1. The van der Waals surface area contributed by atoms with Gasteiger partial charge >= 0.3 is 0 Å². The number of aromatic nitrogens is 2. The number of fused-ring (bicyclic) bond motifs is 6. The van der Waals surface area contributed by atoms with Gasteiger partial charge in [-0.15, -0.1) is 0 Å². The summed E-state index contributed by atoms with van der Waals surface area (Å²) in [6, 6.07) is 16.0. The molecule has 1 aliphatic heterocycles. The molecule has 5 rings (SSSR count). The van der Waals surface area contributed by atoms with Gasteiger partial charge in [-0.05, 0) is 36.2 Å². The summed E-state index contributed by atoms with van der Waals surface area (Å²) in [5.74, 6) is 0.733. The number of aromatic amines is 1. The van der Waals surface area contributed by atoms with Gasteiger partial charge in [-0.1, -0.05) is 24.3 Å². The van der Waals surface area contributed by atoms with Crippen molar-refractivity contribution in [2.45, 2.75) is 13.0 Å². The SMILES string of the molecule is COc1cccc2c(=O)n3c(cc12)-c1[nH]c2ccccc2c1CC3. The fourth-order valence-electron chi connectivity index (χ4n) is 3.86. The molecule has 0 spiro atoms. The lowest BCUT2D eigenvalue weighted by molar-refractivity contribution is 0.419. The molecular formula is C20H16N2O2. The number of methoxy groups -OCH3 is 1. The molecule has 0 atom stereocenters. The van der Waals surface area contributed by atoms with Gasteiger partial charge in [0.1, 0.15) is 5.75 Å². The van der Waals surface area contributed by atoms with E-state index in [2.05, 4.69) is 29.2 Å². The van der Waals surface area contributed by atoms with Crippen LogP contribution in [0.2, 0.25) is 0 Å². The van der Waals surface area contributed by atoms with Crippen LogP contribution < -0.4 is 10.3 Å². The normalized spacial score (nSPS) is 13.0. The zero-order valence-corrected chi connectivity index (χ0v) is 13.3. The minimum absolute atomic E-state index is 0.0470. The molecule has 2 aromatic heterocycles. The van der Waals surface area contributed by atoms with Gasteiger partial charge in [0.15, 0.2) is 0 Å². The number of nitrogens with one attached hydrogen (secondary N) is 1. The van der Waals surface area contributed by atoms with Crippen molar-refractivity contribution >= 4 is 21.7 Å². The summed E-state index contributed by atoms with van der Waals surface area (Å²) in [7, 11) is 1.64. The topological polar surface area (TPSA) is 47.0 Å². The van der Waals surface area contributed by atoms with Crippen LogP contribution in [0.5, 0.6) is 5.75 Å². The van der Waals surface area contributed by atoms with E-state index >= 15 is 0 Å². The van der Waals surface area contributed by atoms with Crippen molar-refractivity contribution in [3.8, 4) is 17.1 Å². The third-order valence-corrected chi connectivity index (χ3v) is 4.99. The molecule has 0 unspecified atom stereocenters. The summed E-state index contributed by atoms with van der Waals surface area (Å²) in [4.78, 5) is 16.5. The maximum atomic E-state index is 13.0. The second-order valence-corrected chi connectivity index (χ2v) is 6.18. The van der Waals surface area contributed by atoms with Gasteiger partial charge in [-0.25, -0.2) is 0 Å². The smallest absolute Gasteiger partial charge is 0.259 e. The van der Waals surface area contributed by atoms with Crippen LogP contribution in [0.1, 0.15) is 5.56 Å². The Labute approximate surface area is 138 Å². The van der Waals surface area contributed by atoms with E-state index in [9.17, 15) is 4.79 Å². The summed E-state index contributed by atoms with van der Waals surface area (Å²) in [6.45, 7) is 0.705. The lowest BCUT2D eigenvalue weighted by Gasteiger charge is -2.20. The first-order chi connectivity index (χ1) is 11.8. The Kier molecular flexibility index (Phi) is 2.65. The third-order valence-electron chi connectivity index (χ3n) is 4.99. The van der Waals surface area contributed by atoms with Crippen molar-refractivity contribution in [3.63, 3.8) is 0 Å². The number of pyridine rings is 1. The molecule has 0 amide bonds. The molecule has 24 heavy (non-hydrogen) atoms. The molecule has 4 heteroatoms.